The summed E-state index contributed by atoms with van der Waals surface area (Å²) in [5.74, 6) is -0.00652. The number of aromatic nitrogens is 2. The second-order valence-corrected chi connectivity index (χ2v) is 13.3. The fourth-order valence-electron chi connectivity index (χ4n) is 6.03. The van der Waals surface area contributed by atoms with Gasteiger partial charge in [0.15, 0.2) is 4.80 Å². The van der Waals surface area contributed by atoms with Crippen LogP contribution in [0.2, 0.25) is 0 Å². The molecule has 8 nitrogen and oxygen atoms in total. The molecule has 10 heteroatoms. The summed E-state index contributed by atoms with van der Waals surface area (Å²) < 4.78 is 16.5. The Morgan fingerprint density at radius 2 is 1.77 bits per heavy atom. The first-order valence-electron chi connectivity index (χ1n) is 15.2. The molecule has 0 saturated carbocycles. The number of esters is 1. The minimum absolute atomic E-state index is 0.171. The Bertz CT molecular complexity index is 2200. The number of thiazole rings is 1. The number of fused-ring (bicyclic) bond motifs is 1. The average molecular weight is 712 g/mol. The Hall–Kier alpha value is -4.67. The third-order valence-corrected chi connectivity index (χ3v) is 9.72. The zero-order valence-corrected chi connectivity index (χ0v) is 29.5. The summed E-state index contributed by atoms with van der Waals surface area (Å²) in [7, 11) is 5.61. The Kier molecular flexibility index (Phi) is 9.07. The summed E-state index contributed by atoms with van der Waals surface area (Å²) in [4.78, 5) is 35.8. The van der Waals surface area contributed by atoms with Crippen molar-refractivity contribution < 1.29 is 14.3 Å². The standard InChI is InChI=1S/C37H35BrN4O4S/c1-7-46-36(44)32-33(24-11-9-8-10-12-24)39-37-42(34(32)29-21-26(38)13-18-30(29)45-6)35(43)31(47-37)20-25-19-22(2)41(23(25)3)28-16-14-27(15-17-28)40(4)5/h8-21,34H,7H2,1-6H3/b31-20-/t34-/m0/s1. The third kappa shape index (κ3) is 5.99. The van der Waals surface area contributed by atoms with Gasteiger partial charge in [-0.25, -0.2) is 9.79 Å². The SMILES string of the molecule is CCOC(=O)C1=C(c2ccccc2)N=c2s/c(=C\c3cc(C)n(-c4ccc(N(C)C)cc4)c3C)c(=O)n2[C@H]1c1cc(Br)ccc1OC. The number of nitrogens with zero attached hydrogens (tertiary/aromatic N) is 4. The van der Waals surface area contributed by atoms with Crippen LogP contribution in [0.4, 0.5) is 5.69 Å². The molecule has 0 bridgehead atoms. The number of ether oxygens (including phenoxy) is 2. The van der Waals surface area contributed by atoms with Gasteiger partial charge in [-0.3, -0.25) is 9.36 Å². The molecule has 0 fully saturated rings. The summed E-state index contributed by atoms with van der Waals surface area (Å²) in [6.45, 7) is 6.04. The molecule has 2 aromatic heterocycles. The topological polar surface area (TPSA) is 78.1 Å². The van der Waals surface area contributed by atoms with Crippen molar-refractivity contribution in [1.29, 1.82) is 0 Å². The smallest absolute Gasteiger partial charge is 0.338 e. The number of hydrogen-bond acceptors (Lipinski definition) is 7. The second-order valence-electron chi connectivity index (χ2n) is 11.4. The number of carbonyl (C=O) groups excluding carboxylic acids is 1. The largest absolute Gasteiger partial charge is 0.496 e. The fourth-order valence-corrected chi connectivity index (χ4v) is 7.40. The van der Waals surface area contributed by atoms with Gasteiger partial charge in [-0.15, -0.1) is 0 Å². The number of hydrogen-bond donors (Lipinski definition) is 0. The van der Waals surface area contributed by atoms with Gasteiger partial charge in [0.1, 0.15) is 11.8 Å². The van der Waals surface area contributed by atoms with Crippen molar-refractivity contribution in [3.05, 3.63) is 137 Å². The van der Waals surface area contributed by atoms with E-state index in [9.17, 15) is 9.59 Å². The molecule has 5 aromatic rings. The van der Waals surface area contributed by atoms with Crippen molar-refractivity contribution in [3.63, 3.8) is 0 Å². The average Bonchev–Trinajstić information content (AvgIpc) is 3.53. The van der Waals surface area contributed by atoms with Gasteiger partial charge >= 0.3 is 5.97 Å². The zero-order valence-electron chi connectivity index (χ0n) is 27.1. The molecule has 0 amide bonds. The van der Waals surface area contributed by atoms with Gasteiger partial charge in [-0.2, -0.15) is 0 Å². The van der Waals surface area contributed by atoms with E-state index in [0.29, 0.717) is 26.3 Å². The molecular weight excluding hydrogens is 676 g/mol. The normalized spacial score (nSPS) is 14.5. The lowest BCUT2D eigenvalue weighted by Gasteiger charge is -2.27. The minimum atomic E-state index is -0.849. The maximum atomic E-state index is 14.5. The number of carbonyl (C=O) groups is 1. The number of benzene rings is 3. The summed E-state index contributed by atoms with van der Waals surface area (Å²) in [6, 6.07) is 24.7. The van der Waals surface area contributed by atoms with Crippen LogP contribution in [0.5, 0.6) is 5.75 Å². The van der Waals surface area contributed by atoms with Crippen LogP contribution in [0.1, 0.15) is 41.0 Å². The first-order chi connectivity index (χ1) is 22.6. The molecule has 3 aromatic carbocycles. The highest BCUT2D eigenvalue weighted by atomic mass is 79.9. The van der Waals surface area contributed by atoms with Crippen molar-refractivity contribution >= 4 is 50.7 Å². The molecule has 0 unspecified atom stereocenters. The van der Waals surface area contributed by atoms with Gasteiger partial charge in [0, 0.05) is 52.5 Å². The van der Waals surface area contributed by atoms with Crippen molar-refractivity contribution in [2.75, 3.05) is 32.7 Å². The van der Waals surface area contributed by atoms with Crippen molar-refractivity contribution in [2.45, 2.75) is 26.8 Å². The van der Waals surface area contributed by atoms with E-state index in [0.717, 1.165) is 38.4 Å². The summed E-state index contributed by atoms with van der Waals surface area (Å²) in [6.07, 6.45) is 1.92. The van der Waals surface area contributed by atoms with E-state index in [1.54, 1.807) is 18.6 Å². The van der Waals surface area contributed by atoms with Crippen molar-refractivity contribution in [3.8, 4) is 11.4 Å². The van der Waals surface area contributed by atoms with E-state index in [1.165, 1.54) is 11.3 Å². The van der Waals surface area contributed by atoms with Crippen LogP contribution in [0.15, 0.2) is 98.7 Å². The van der Waals surface area contributed by atoms with Crippen molar-refractivity contribution in [2.24, 2.45) is 4.99 Å². The molecule has 3 heterocycles. The number of halogens is 1. The van der Waals surface area contributed by atoms with Gasteiger partial charge < -0.3 is 18.9 Å². The molecule has 240 valence electrons. The maximum absolute atomic E-state index is 14.5. The highest BCUT2D eigenvalue weighted by Gasteiger charge is 2.37. The minimum Gasteiger partial charge on any atom is -0.496 e. The van der Waals surface area contributed by atoms with E-state index in [4.69, 9.17) is 14.5 Å². The lowest BCUT2D eigenvalue weighted by molar-refractivity contribution is -0.138. The van der Waals surface area contributed by atoms with Crippen molar-refractivity contribution in [1.82, 2.24) is 9.13 Å². The van der Waals surface area contributed by atoms with Crippen LogP contribution >= 0.6 is 27.3 Å². The predicted octanol–water partition coefficient (Wildman–Crippen LogP) is 6.18. The van der Waals surface area contributed by atoms with Crippen LogP contribution in [0.25, 0.3) is 17.5 Å². The van der Waals surface area contributed by atoms with Gasteiger partial charge in [0.05, 0.1) is 29.5 Å². The first kappa shape index (κ1) is 32.3. The molecule has 6 rings (SSSR count). The predicted molar refractivity (Wildman–Crippen MR) is 191 cm³/mol. The van der Waals surface area contributed by atoms with E-state index < -0.39 is 12.0 Å². The van der Waals surface area contributed by atoms with E-state index in [-0.39, 0.29) is 17.7 Å². The Labute approximate surface area is 285 Å². The Balaban J connectivity index is 1.60. The van der Waals surface area contributed by atoms with Gasteiger partial charge in [-0.05, 0) is 80.9 Å². The van der Waals surface area contributed by atoms with Crippen LogP contribution < -0.4 is 24.5 Å². The molecule has 0 saturated heterocycles. The molecule has 0 aliphatic carbocycles. The molecule has 1 aliphatic rings. The molecule has 47 heavy (non-hydrogen) atoms. The van der Waals surface area contributed by atoms with Crippen LogP contribution in [0, 0.1) is 13.8 Å². The highest BCUT2D eigenvalue weighted by molar-refractivity contribution is 9.10. The van der Waals surface area contributed by atoms with E-state index >= 15 is 0 Å². The fraction of sp³-hybridized carbons (Fsp3) is 0.216. The van der Waals surface area contributed by atoms with Gasteiger partial charge in [0.25, 0.3) is 5.56 Å². The second kappa shape index (κ2) is 13.2. The Morgan fingerprint density at radius 3 is 2.43 bits per heavy atom. The van der Waals surface area contributed by atoms with Crippen LogP contribution in [0.3, 0.4) is 0 Å². The lowest BCUT2D eigenvalue weighted by Crippen LogP contribution is -2.40. The number of anilines is 1. The molecule has 0 N–H and O–H groups in total. The quantitative estimate of drug-likeness (QED) is 0.180. The van der Waals surface area contributed by atoms with Crippen LogP contribution in [-0.4, -0.2) is 42.9 Å². The van der Waals surface area contributed by atoms with Crippen LogP contribution in [-0.2, 0) is 9.53 Å². The number of aryl methyl sites for hydroxylation is 1. The highest BCUT2D eigenvalue weighted by Crippen LogP contribution is 2.40. The molecule has 1 atom stereocenters. The number of methoxy groups -OCH3 is 1. The summed E-state index contributed by atoms with van der Waals surface area (Å²) in [5, 5.41) is 0. The van der Waals surface area contributed by atoms with Gasteiger partial charge in [-0.1, -0.05) is 57.6 Å². The van der Waals surface area contributed by atoms with E-state index in [1.807, 2.05) is 68.7 Å². The zero-order chi connectivity index (χ0) is 33.4. The first-order valence-corrected chi connectivity index (χ1v) is 16.8. The third-order valence-electron chi connectivity index (χ3n) is 8.24. The molecule has 1 aliphatic heterocycles. The molecule has 0 spiro atoms. The summed E-state index contributed by atoms with van der Waals surface area (Å²) >= 11 is 4.89. The van der Waals surface area contributed by atoms with Gasteiger partial charge in [0.2, 0.25) is 0 Å². The number of rotatable bonds is 8. The molecule has 0 radical (unpaired) electrons. The molecular formula is C37H35BrN4O4S. The summed E-state index contributed by atoms with van der Waals surface area (Å²) in [5.41, 5.74) is 7.00. The lowest BCUT2D eigenvalue weighted by atomic mass is 9.92. The monoisotopic (exact) mass is 710 g/mol. The van der Waals surface area contributed by atoms with E-state index in [2.05, 4.69) is 69.6 Å². The Morgan fingerprint density at radius 1 is 1.04 bits per heavy atom. The maximum Gasteiger partial charge on any atom is 0.338 e.